The van der Waals surface area contributed by atoms with Crippen molar-refractivity contribution >= 4 is 0 Å². The normalized spacial score (nSPS) is 25.1. The molecule has 1 rings (SSSR count). The van der Waals surface area contributed by atoms with Crippen LogP contribution in [0.15, 0.2) is 0 Å². The third-order valence-electron chi connectivity index (χ3n) is 2.43. The summed E-state index contributed by atoms with van der Waals surface area (Å²) in [5, 5.41) is 0. The highest BCUT2D eigenvalue weighted by atomic mass is 16.6. The predicted octanol–water partition coefficient (Wildman–Crippen LogP) is 2.13. The lowest BCUT2D eigenvalue weighted by Crippen LogP contribution is -2.36. The fraction of sp³-hybridized carbons (Fsp3) is 1.00. The van der Waals surface area contributed by atoms with Crippen molar-refractivity contribution in [2.75, 3.05) is 47.8 Å². The molecule has 3 atom stereocenters. The Morgan fingerprint density at radius 1 is 0.947 bits per heavy atom. The highest BCUT2D eigenvalue weighted by Gasteiger charge is 2.38. The first kappa shape index (κ1) is 21.1. The van der Waals surface area contributed by atoms with Crippen molar-refractivity contribution in [2.45, 2.75) is 46.0 Å². The van der Waals surface area contributed by atoms with Gasteiger partial charge in [0.1, 0.15) is 18.3 Å². The standard InChI is InChI=1S/C10H20O5.2C2H6/c1-11-4-5-14-9-7-15-8(6-12-2)10(9)13-3;2*1-2/h8-10H,4-7H2,1-3H3;2*1-2H3. The van der Waals surface area contributed by atoms with Gasteiger partial charge in [-0.25, -0.2) is 0 Å². The molecule has 0 aromatic carbocycles. The summed E-state index contributed by atoms with van der Waals surface area (Å²) in [7, 11) is 4.96. The lowest BCUT2D eigenvalue weighted by atomic mass is 10.1. The molecule has 1 saturated heterocycles. The Labute approximate surface area is 118 Å². The molecule has 118 valence electrons. The van der Waals surface area contributed by atoms with Gasteiger partial charge in [0, 0.05) is 21.3 Å². The fourth-order valence-corrected chi connectivity index (χ4v) is 1.68. The Morgan fingerprint density at radius 2 is 1.58 bits per heavy atom. The van der Waals surface area contributed by atoms with E-state index in [-0.39, 0.29) is 18.3 Å². The summed E-state index contributed by atoms with van der Waals surface area (Å²) in [6.45, 7) is 10.2. The molecule has 5 nitrogen and oxygen atoms in total. The van der Waals surface area contributed by atoms with E-state index in [1.165, 1.54) is 0 Å². The van der Waals surface area contributed by atoms with Gasteiger partial charge in [0.15, 0.2) is 0 Å². The van der Waals surface area contributed by atoms with Gasteiger partial charge in [-0.2, -0.15) is 0 Å². The number of rotatable bonds is 7. The van der Waals surface area contributed by atoms with Crippen molar-refractivity contribution < 1.29 is 23.7 Å². The minimum absolute atomic E-state index is 0.0229. The van der Waals surface area contributed by atoms with Gasteiger partial charge in [-0.15, -0.1) is 0 Å². The van der Waals surface area contributed by atoms with E-state index in [2.05, 4.69) is 0 Å². The quantitative estimate of drug-likeness (QED) is 0.669. The average molecular weight is 280 g/mol. The van der Waals surface area contributed by atoms with Crippen LogP contribution in [-0.4, -0.2) is 66.1 Å². The molecule has 0 saturated carbocycles. The second-order valence-electron chi connectivity index (χ2n) is 3.43. The van der Waals surface area contributed by atoms with E-state index < -0.39 is 0 Å². The van der Waals surface area contributed by atoms with Crippen LogP contribution >= 0.6 is 0 Å². The SMILES string of the molecule is CC.CC.COCCOC1COC(COC)C1OC. The Morgan fingerprint density at radius 3 is 2.05 bits per heavy atom. The van der Waals surface area contributed by atoms with Gasteiger partial charge in [0.05, 0.1) is 26.4 Å². The number of ether oxygens (including phenoxy) is 5. The molecule has 0 N–H and O–H groups in total. The van der Waals surface area contributed by atoms with Gasteiger partial charge in [-0.05, 0) is 0 Å². The van der Waals surface area contributed by atoms with Gasteiger partial charge < -0.3 is 23.7 Å². The molecular formula is C14H32O5. The van der Waals surface area contributed by atoms with Gasteiger partial charge in [-0.1, -0.05) is 27.7 Å². The van der Waals surface area contributed by atoms with E-state index in [0.29, 0.717) is 26.4 Å². The van der Waals surface area contributed by atoms with Crippen LogP contribution in [0, 0.1) is 0 Å². The molecule has 0 aliphatic carbocycles. The lowest BCUT2D eigenvalue weighted by molar-refractivity contribution is -0.0624. The van der Waals surface area contributed by atoms with E-state index in [4.69, 9.17) is 23.7 Å². The zero-order valence-corrected chi connectivity index (χ0v) is 13.6. The van der Waals surface area contributed by atoms with Gasteiger partial charge in [0.25, 0.3) is 0 Å². The van der Waals surface area contributed by atoms with E-state index >= 15 is 0 Å². The Bertz CT molecular complexity index is 166. The first-order chi connectivity index (χ1) is 9.33. The summed E-state index contributed by atoms with van der Waals surface area (Å²) in [4.78, 5) is 0. The van der Waals surface area contributed by atoms with E-state index in [1.54, 1.807) is 21.3 Å². The second-order valence-corrected chi connectivity index (χ2v) is 3.43. The van der Waals surface area contributed by atoms with Crippen molar-refractivity contribution in [1.82, 2.24) is 0 Å². The molecule has 1 aliphatic rings. The summed E-state index contributed by atoms with van der Waals surface area (Å²) in [5.74, 6) is 0. The zero-order chi connectivity index (χ0) is 15.1. The molecule has 1 fully saturated rings. The third-order valence-corrected chi connectivity index (χ3v) is 2.43. The first-order valence-corrected chi connectivity index (χ1v) is 7.07. The van der Waals surface area contributed by atoms with Gasteiger partial charge >= 0.3 is 0 Å². The summed E-state index contributed by atoms with van der Waals surface area (Å²) in [6, 6.07) is 0. The minimum Gasteiger partial charge on any atom is -0.382 e. The van der Waals surface area contributed by atoms with Crippen molar-refractivity contribution in [3.8, 4) is 0 Å². The van der Waals surface area contributed by atoms with Gasteiger partial charge in [-0.3, -0.25) is 0 Å². The highest BCUT2D eigenvalue weighted by molar-refractivity contribution is 4.85. The van der Waals surface area contributed by atoms with Crippen LogP contribution in [0.3, 0.4) is 0 Å². The molecular weight excluding hydrogens is 248 g/mol. The van der Waals surface area contributed by atoms with Crippen LogP contribution in [-0.2, 0) is 23.7 Å². The minimum atomic E-state index is -0.0539. The predicted molar refractivity (Wildman–Crippen MR) is 76.7 cm³/mol. The molecule has 19 heavy (non-hydrogen) atoms. The Balaban J connectivity index is 0. The van der Waals surface area contributed by atoms with Crippen molar-refractivity contribution in [1.29, 1.82) is 0 Å². The molecule has 0 bridgehead atoms. The molecule has 3 unspecified atom stereocenters. The molecule has 0 radical (unpaired) electrons. The van der Waals surface area contributed by atoms with Gasteiger partial charge in [0.2, 0.25) is 0 Å². The van der Waals surface area contributed by atoms with Crippen LogP contribution in [0.25, 0.3) is 0 Å². The summed E-state index contributed by atoms with van der Waals surface area (Å²) in [5.41, 5.74) is 0. The maximum Gasteiger partial charge on any atom is 0.114 e. The maximum atomic E-state index is 5.59. The largest absolute Gasteiger partial charge is 0.382 e. The van der Waals surface area contributed by atoms with E-state index in [9.17, 15) is 0 Å². The Kier molecular flexibility index (Phi) is 17.6. The van der Waals surface area contributed by atoms with Crippen LogP contribution in [0.4, 0.5) is 0 Å². The topological polar surface area (TPSA) is 46.2 Å². The smallest absolute Gasteiger partial charge is 0.114 e. The maximum absolute atomic E-state index is 5.59. The number of hydrogen-bond donors (Lipinski definition) is 0. The summed E-state index contributed by atoms with van der Waals surface area (Å²) < 4.78 is 26.4. The highest BCUT2D eigenvalue weighted by Crippen LogP contribution is 2.20. The second kappa shape index (κ2) is 15.9. The van der Waals surface area contributed by atoms with E-state index in [0.717, 1.165) is 0 Å². The lowest BCUT2D eigenvalue weighted by Gasteiger charge is -2.20. The number of methoxy groups -OCH3 is 3. The van der Waals surface area contributed by atoms with Crippen LogP contribution in [0.5, 0.6) is 0 Å². The molecule has 0 aromatic rings. The third kappa shape index (κ3) is 8.55. The van der Waals surface area contributed by atoms with Crippen LogP contribution in [0.1, 0.15) is 27.7 Å². The monoisotopic (exact) mass is 280 g/mol. The van der Waals surface area contributed by atoms with Crippen molar-refractivity contribution in [3.05, 3.63) is 0 Å². The van der Waals surface area contributed by atoms with Crippen molar-refractivity contribution in [2.24, 2.45) is 0 Å². The van der Waals surface area contributed by atoms with Crippen molar-refractivity contribution in [3.63, 3.8) is 0 Å². The fourth-order valence-electron chi connectivity index (χ4n) is 1.68. The zero-order valence-electron chi connectivity index (χ0n) is 13.6. The first-order valence-electron chi connectivity index (χ1n) is 7.07. The van der Waals surface area contributed by atoms with Crippen LogP contribution in [0.2, 0.25) is 0 Å². The molecule has 1 heterocycles. The molecule has 1 aliphatic heterocycles. The van der Waals surface area contributed by atoms with E-state index in [1.807, 2.05) is 27.7 Å². The molecule has 0 spiro atoms. The molecule has 0 aromatic heterocycles. The summed E-state index contributed by atoms with van der Waals surface area (Å²) in [6.07, 6.45) is -0.111. The summed E-state index contributed by atoms with van der Waals surface area (Å²) >= 11 is 0. The molecule has 0 amide bonds. The average Bonchev–Trinajstić information content (AvgIpc) is 2.86. The van der Waals surface area contributed by atoms with Crippen LogP contribution < -0.4 is 0 Å². The molecule has 5 heteroatoms. The number of hydrogen-bond acceptors (Lipinski definition) is 5. The Hall–Kier alpha value is -0.200.